The molecular formula is C25H23N3O2. The van der Waals surface area contributed by atoms with E-state index in [9.17, 15) is 0 Å². The fourth-order valence-electron chi connectivity index (χ4n) is 3.30. The van der Waals surface area contributed by atoms with Gasteiger partial charge in [-0.3, -0.25) is 0 Å². The lowest BCUT2D eigenvalue weighted by atomic mass is 10.0. The SMILES string of the molecule is c1ccc(-c2cnc(NCc3ccco3)nc2-c2ccc(OCC3CC3)cc2)cc1. The molecule has 2 aromatic carbocycles. The van der Waals surface area contributed by atoms with Crippen LogP contribution in [0.15, 0.2) is 83.6 Å². The van der Waals surface area contributed by atoms with Crippen LogP contribution in [0, 0.1) is 5.92 Å². The largest absolute Gasteiger partial charge is 0.493 e. The van der Waals surface area contributed by atoms with Gasteiger partial charge in [0.15, 0.2) is 0 Å². The summed E-state index contributed by atoms with van der Waals surface area (Å²) in [6, 6.07) is 22.2. The Hall–Kier alpha value is -3.60. The quantitative estimate of drug-likeness (QED) is 0.407. The second-order valence-electron chi connectivity index (χ2n) is 7.53. The number of hydrogen-bond donors (Lipinski definition) is 1. The lowest BCUT2D eigenvalue weighted by Crippen LogP contribution is -2.04. The van der Waals surface area contributed by atoms with E-state index in [1.807, 2.05) is 48.7 Å². The Bertz CT molecular complexity index is 1090. The minimum atomic E-state index is 0.533. The summed E-state index contributed by atoms with van der Waals surface area (Å²) < 4.78 is 11.3. The molecule has 0 radical (unpaired) electrons. The number of aromatic nitrogens is 2. The average Bonchev–Trinajstić information content (AvgIpc) is 3.49. The predicted molar refractivity (Wildman–Crippen MR) is 117 cm³/mol. The average molecular weight is 397 g/mol. The Morgan fingerprint density at radius 1 is 0.933 bits per heavy atom. The lowest BCUT2D eigenvalue weighted by Gasteiger charge is -2.12. The molecule has 2 heterocycles. The number of ether oxygens (including phenoxy) is 1. The van der Waals surface area contributed by atoms with Gasteiger partial charge in [0, 0.05) is 17.3 Å². The van der Waals surface area contributed by atoms with Gasteiger partial charge in [-0.15, -0.1) is 0 Å². The molecule has 150 valence electrons. The minimum Gasteiger partial charge on any atom is -0.493 e. The number of nitrogens with zero attached hydrogens (tertiary/aromatic N) is 2. The zero-order valence-corrected chi connectivity index (χ0v) is 16.6. The number of benzene rings is 2. The first-order chi connectivity index (χ1) is 14.8. The number of furan rings is 1. The van der Waals surface area contributed by atoms with Crippen LogP contribution in [0.25, 0.3) is 22.4 Å². The third-order valence-electron chi connectivity index (χ3n) is 5.18. The van der Waals surface area contributed by atoms with Crippen LogP contribution >= 0.6 is 0 Å². The highest BCUT2D eigenvalue weighted by Gasteiger charge is 2.22. The summed E-state index contributed by atoms with van der Waals surface area (Å²) >= 11 is 0. The van der Waals surface area contributed by atoms with Crippen molar-refractivity contribution < 1.29 is 9.15 Å². The summed E-state index contributed by atoms with van der Waals surface area (Å²) in [5.74, 6) is 3.04. The molecule has 5 rings (SSSR count). The molecule has 5 nitrogen and oxygen atoms in total. The van der Waals surface area contributed by atoms with E-state index < -0.39 is 0 Å². The van der Waals surface area contributed by atoms with Crippen molar-refractivity contribution in [2.75, 3.05) is 11.9 Å². The highest BCUT2D eigenvalue weighted by atomic mass is 16.5. The zero-order chi connectivity index (χ0) is 20.2. The van der Waals surface area contributed by atoms with Crippen molar-refractivity contribution in [2.24, 2.45) is 5.92 Å². The molecule has 1 aliphatic rings. The molecule has 5 heteroatoms. The molecule has 0 spiro atoms. The first-order valence-corrected chi connectivity index (χ1v) is 10.3. The van der Waals surface area contributed by atoms with E-state index in [1.165, 1.54) is 12.8 Å². The van der Waals surface area contributed by atoms with E-state index >= 15 is 0 Å². The van der Waals surface area contributed by atoms with E-state index in [0.29, 0.717) is 12.5 Å². The fraction of sp³-hybridized carbons (Fsp3) is 0.200. The Morgan fingerprint density at radius 3 is 2.50 bits per heavy atom. The second kappa shape index (κ2) is 8.41. The van der Waals surface area contributed by atoms with E-state index in [1.54, 1.807) is 6.26 Å². The topological polar surface area (TPSA) is 60.2 Å². The van der Waals surface area contributed by atoms with Crippen LogP contribution in [-0.2, 0) is 6.54 Å². The van der Waals surface area contributed by atoms with E-state index in [2.05, 4.69) is 34.6 Å². The zero-order valence-electron chi connectivity index (χ0n) is 16.6. The third kappa shape index (κ3) is 4.35. The Labute approximate surface area is 175 Å². The second-order valence-corrected chi connectivity index (χ2v) is 7.53. The molecule has 0 saturated heterocycles. The van der Waals surface area contributed by atoms with Crippen molar-refractivity contribution >= 4 is 5.95 Å². The van der Waals surface area contributed by atoms with Gasteiger partial charge in [0.25, 0.3) is 0 Å². The van der Waals surface area contributed by atoms with Gasteiger partial charge in [0.2, 0.25) is 5.95 Å². The van der Waals surface area contributed by atoms with Gasteiger partial charge >= 0.3 is 0 Å². The van der Waals surface area contributed by atoms with Gasteiger partial charge in [-0.1, -0.05) is 30.3 Å². The van der Waals surface area contributed by atoms with Crippen LogP contribution in [0.1, 0.15) is 18.6 Å². The Balaban J connectivity index is 1.44. The first kappa shape index (κ1) is 18.4. The van der Waals surface area contributed by atoms with Gasteiger partial charge in [-0.25, -0.2) is 9.97 Å². The number of hydrogen-bond acceptors (Lipinski definition) is 5. The van der Waals surface area contributed by atoms with E-state index in [-0.39, 0.29) is 0 Å². The lowest BCUT2D eigenvalue weighted by molar-refractivity contribution is 0.300. The van der Waals surface area contributed by atoms with Crippen molar-refractivity contribution in [3.8, 4) is 28.1 Å². The summed E-state index contributed by atoms with van der Waals surface area (Å²) in [5, 5.41) is 3.25. The number of nitrogens with one attached hydrogen (secondary N) is 1. The van der Waals surface area contributed by atoms with Gasteiger partial charge in [0.05, 0.1) is 25.1 Å². The summed E-state index contributed by atoms with van der Waals surface area (Å²) in [6.07, 6.45) is 6.11. The summed E-state index contributed by atoms with van der Waals surface area (Å²) in [4.78, 5) is 9.35. The smallest absolute Gasteiger partial charge is 0.223 e. The Kier molecular flexibility index (Phi) is 5.17. The molecule has 0 aliphatic heterocycles. The highest BCUT2D eigenvalue weighted by molar-refractivity contribution is 5.81. The first-order valence-electron chi connectivity index (χ1n) is 10.3. The van der Waals surface area contributed by atoms with Crippen molar-refractivity contribution in [1.82, 2.24) is 9.97 Å². The summed E-state index contributed by atoms with van der Waals surface area (Å²) in [5.41, 5.74) is 3.98. The maximum Gasteiger partial charge on any atom is 0.223 e. The van der Waals surface area contributed by atoms with Gasteiger partial charge in [-0.05, 0) is 60.7 Å². The normalized spacial score (nSPS) is 13.2. The van der Waals surface area contributed by atoms with Crippen molar-refractivity contribution in [3.63, 3.8) is 0 Å². The van der Waals surface area contributed by atoms with Crippen LogP contribution in [0.4, 0.5) is 5.95 Å². The van der Waals surface area contributed by atoms with Crippen LogP contribution in [0.2, 0.25) is 0 Å². The third-order valence-corrected chi connectivity index (χ3v) is 5.18. The van der Waals surface area contributed by atoms with Gasteiger partial charge < -0.3 is 14.5 Å². The molecule has 0 unspecified atom stereocenters. The van der Waals surface area contributed by atoms with E-state index in [4.69, 9.17) is 14.1 Å². The number of anilines is 1. The molecule has 1 fully saturated rings. The van der Waals surface area contributed by atoms with Gasteiger partial charge in [0.1, 0.15) is 11.5 Å². The standard InChI is InChI=1S/C25H23N3O2/c1-2-5-19(6-3-1)23-16-27-25(26-15-22-7-4-14-29-22)28-24(23)20-10-12-21(13-11-20)30-17-18-8-9-18/h1-7,10-14,16,18H,8-9,15,17H2,(H,26,27,28). The van der Waals surface area contributed by atoms with Crippen molar-refractivity contribution in [3.05, 3.63) is 85.0 Å². The summed E-state index contributed by atoms with van der Waals surface area (Å²) in [6.45, 7) is 1.34. The monoisotopic (exact) mass is 397 g/mol. The van der Waals surface area contributed by atoms with Gasteiger partial charge in [-0.2, -0.15) is 0 Å². The molecule has 0 amide bonds. The van der Waals surface area contributed by atoms with Crippen LogP contribution < -0.4 is 10.1 Å². The Morgan fingerprint density at radius 2 is 1.77 bits per heavy atom. The van der Waals surface area contributed by atoms with Crippen molar-refractivity contribution in [1.29, 1.82) is 0 Å². The molecule has 1 N–H and O–H groups in total. The van der Waals surface area contributed by atoms with Crippen LogP contribution in [-0.4, -0.2) is 16.6 Å². The minimum absolute atomic E-state index is 0.533. The molecule has 4 aromatic rings. The molecule has 2 aromatic heterocycles. The predicted octanol–water partition coefficient (Wildman–Crippen LogP) is 5.80. The van der Waals surface area contributed by atoms with Crippen LogP contribution in [0.5, 0.6) is 5.75 Å². The molecule has 0 atom stereocenters. The molecule has 0 bridgehead atoms. The van der Waals surface area contributed by atoms with E-state index in [0.717, 1.165) is 46.4 Å². The summed E-state index contributed by atoms with van der Waals surface area (Å²) in [7, 11) is 0. The molecular weight excluding hydrogens is 374 g/mol. The van der Waals surface area contributed by atoms with Crippen LogP contribution in [0.3, 0.4) is 0 Å². The maximum absolute atomic E-state index is 5.88. The highest BCUT2D eigenvalue weighted by Crippen LogP contribution is 2.33. The molecule has 1 saturated carbocycles. The fourth-order valence-corrected chi connectivity index (χ4v) is 3.30. The maximum atomic E-state index is 5.88. The molecule has 1 aliphatic carbocycles. The molecule has 30 heavy (non-hydrogen) atoms. The number of rotatable bonds is 8. The van der Waals surface area contributed by atoms with Crippen molar-refractivity contribution in [2.45, 2.75) is 19.4 Å².